The average molecular weight is 213 g/mol. The molecule has 80 valence electrons. The third kappa shape index (κ3) is 2.36. The summed E-state index contributed by atoms with van der Waals surface area (Å²) in [4.78, 5) is 14.7. The van der Waals surface area contributed by atoms with Crippen molar-refractivity contribution in [3.05, 3.63) is 53.9 Å². The lowest BCUT2D eigenvalue weighted by Gasteiger charge is -2.06. The molecular formula is C12H11N3O. The van der Waals surface area contributed by atoms with Crippen LogP contribution in [0.1, 0.15) is 5.56 Å². The molecule has 4 nitrogen and oxygen atoms in total. The summed E-state index contributed by atoms with van der Waals surface area (Å²) in [5.41, 5.74) is 7.70. The van der Waals surface area contributed by atoms with Crippen molar-refractivity contribution in [3.8, 4) is 0 Å². The molecule has 0 atom stereocenters. The number of nitrogens with two attached hydrogens (primary N) is 1. The molecule has 3 N–H and O–H groups in total. The van der Waals surface area contributed by atoms with Crippen LogP contribution in [-0.4, -0.2) is 12.1 Å². The van der Waals surface area contributed by atoms with E-state index in [9.17, 15) is 4.79 Å². The minimum atomic E-state index is -0.482. The van der Waals surface area contributed by atoms with Crippen molar-refractivity contribution in [1.29, 1.82) is 0 Å². The van der Waals surface area contributed by atoms with Gasteiger partial charge in [0.2, 0.25) is 5.91 Å². The quantitative estimate of drug-likeness (QED) is 0.729. The van der Waals surface area contributed by atoms with Crippen LogP contribution in [0.4, 0.5) is 5.69 Å². The Labute approximate surface area is 93.2 Å². The number of hydrogen-bond donors (Lipinski definition) is 2. The van der Waals surface area contributed by atoms with Crippen molar-refractivity contribution in [2.45, 2.75) is 0 Å². The van der Waals surface area contributed by atoms with Crippen LogP contribution in [0.3, 0.4) is 0 Å². The zero-order valence-electron chi connectivity index (χ0n) is 8.55. The molecule has 0 radical (unpaired) electrons. The number of aliphatic imine (C=N–C) groups is 1. The SMILES string of the molecule is NC(=O)/C=C/C1=CN=Cc2ccccc2N1. The van der Waals surface area contributed by atoms with Crippen molar-refractivity contribution in [3.63, 3.8) is 0 Å². The lowest BCUT2D eigenvalue weighted by molar-refractivity contribution is -0.113. The van der Waals surface area contributed by atoms with Crippen LogP contribution in [0.15, 0.2) is 53.3 Å². The van der Waals surface area contributed by atoms with Gasteiger partial charge in [-0.05, 0) is 12.1 Å². The zero-order chi connectivity index (χ0) is 11.4. The first kappa shape index (κ1) is 10.2. The maximum atomic E-state index is 10.6. The molecule has 2 rings (SSSR count). The van der Waals surface area contributed by atoms with Crippen molar-refractivity contribution >= 4 is 17.8 Å². The molecule has 1 heterocycles. The maximum absolute atomic E-state index is 10.6. The predicted molar refractivity (Wildman–Crippen MR) is 64.1 cm³/mol. The third-order valence-electron chi connectivity index (χ3n) is 2.09. The van der Waals surface area contributed by atoms with Gasteiger partial charge in [-0.3, -0.25) is 9.79 Å². The maximum Gasteiger partial charge on any atom is 0.241 e. The summed E-state index contributed by atoms with van der Waals surface area (Å²) >= 11 is 0. The van der Waals surface area contributed by atoms with E-state index in [0.29, 0.717) is 0 Å². The highest BCUT2D eigenvalue weighted by atomic mass is 16.1. The van der Waals surface area contributed by atoms with Crippen LogP contribution >= 0.6 is 0 Å². The molecule has 1 aliphatic rings. The fourth-order valence-electron chi connectivity index (χ4n) is 1.37. The fraction of sp³-hybridized carbons (Fsp3) is 0. The number of amides is 1. The van der Waals surface area contributed by atoms with Gasteiger partial charge in [0.1, 0.15) is 0 Å². The molecule has 0 saturated carbocycles. The molecule has 16 heavy (non-hydrogen) atoms. The minimum absolute atomic E-state index is 0.482. The molecule has 0 fully saturated rings. The minimum Gasteiger partial charge on any atom is -0.366 e. The Kier molecular flexibility index (Phi) is 2.82. The van der Waals surface area contributed by atoms with E-state index in [1.54, 1.807) is 18.5 Å². The Morgan fingerprint density at radius 1 is 1.38 bits per heavy atom. The molecule has 1 aromatic rings. The topological polar surface area (TPSA) is 67.5 Å². The van der Waals surface area contributed by atoms with E-state index >= 15 is 0 Å². The standard InChI is InChI=1S/C12H11N3O/c13-12(16)6-5-10-8-14-7-9-3-1-2-4-11(9)15-10/h1-8,15H,(H2,13,16)/b6-5+. The smallest absolute Gasteiger partial charge is 0.241 e. The molecule has 0 spiro atoms. The first-order chi connectivity index (χ1) is 7.75. The number of allylic oxidation sites excluding steroid dienone is 1. The van der Waals surface area contributed by atoms with Gasteiger partial charge in [0.05, 0.1) is 11.9 Å². The van der Waals surface area contributed by atoms with Gasteiger partial charge in [0, 0.05) is 23.5 Å². The number of carbonyl (C=O) groups is 1. The summed E-state index contributed by atoms with van der Waals surface area (Å²) in [5.74, 6) is -0.482. The largest absolute Gasteiger partial charge is 0.366 e. The van der Waals surface area contributed by atoms with Gasteiger partial charge in [0.25, 0.3) is 0 Å². The second-order valence-electron chi connectivity index (χ2n) is 3.31. The fourth-order valence-corrected chi connectivity index (χ4v) is 1.37. The van der Waals surface area contributed by atoms with E-state index in [4.69, 9.17) is 5.73 Å². The molecule has 4 heteroatoms. The monoisotopic (exact) mass is 213 g/mol. The van der Waals surface area contributed by atoms with Gasteiger partial charge in [-0.15, -0.1) is 0 Å². The number of hydrogen-bond acceptors (Lipinski definition) is 3. The molecule has 0 aromatic heterocycles. The van der Waals surface area contributed by atoms with Crippen LogP contribution < -0.4 is 11.1 Å². The van der Waals surface area contributed by atoms with E-state index in [1.807, 2.05) is 24.3 Å². The first-order valence-electron chi connectivity index (χ1n) is 4.82. The summed E-state index contributed by atoms with van der Waals surface area (Å²) in [5, 5.41) is 3.16. The lowest BCUT2D eigenvalue weighted by Crippen LogP contribution is -2.06. The van der Waals surface area contributed by atoms with Gasteiger partial charge >= 0.3 is 0 Å². The van der Waals surface area contributed by atoms with E-state index in [-0.39, 0.29) is 0 Å². The predicted octanol–water partition coefficient (Wildman–Crippen LogP) is 1.41. The summed E-state index contributed by atoms with van der Waals surface area (Å²) in [6.45, 7) is 0. The number of primary amides is 1. The molecule has 1 amide bonds. The second kappa shape index (κ2) is 4.44. The van der Waals surface area contributed by atoms with Gasteiger partial charge in [-0.25, -0.2) is 0 Å². The van der Waals surface area contributed by atoms with Crippen molar-refractivity contribution < 1.29 is 4.79 Å². The Hall–Kier alpha value is -2.36. The van der Waals surface area contributed by atoms with Crippen LogP contribution in [0.25, 0.3) is 0 Å². The molecule has 1 aromatic carbocycles. The summed E-state index contributed by atoms with van der Waals surface area (Å²) in [6, 6.07) is 7.77. The molecule has 0 aliphatic carbocycles. The average Bonchev–Trinajstić information content (AvgIpc) is 2.47. The van der Waals surface area contributed by atoms with Crippen molar-refractivity contribution in [1.82, 2.24) is 0 Å². The molecule has 1 aliphatic heterocycles. The van der Waals surface area contributed by atoms with E-state index in [1.165, 1.54) is 6.08 Å². The van der Waals surface area contributed by atoms with Gasteiger partial charge in [-0.2, -0.15) is 0 Å². The highest BCUT2D eigenvalue weighted by Crippen LogP contribution is 2.18. The molecule has 0 unspecified atom stereocenters. The van der Waals surface area contributed by atoms with Crippen LogP contribution in [-0.2, 0) is 4.79 Å². The molecule has 0 saturated heterocycles. The molecule has 0 bridgehead atoms. The number of para-hydroxylation sites is 1. The summed E-state index contributed by atoms with van der Waals surface area (Å²) < 4.78 is 0. The lowest BCUT2D eigenvalue weighted by atomic mass is 10.2. The van der Waals surface area contributed by atoms with Gasteiger partial charge < -0.3 is 11.1 Å². The van der Waals surface area contributed by atoms with Gasteiger partial charge in [-0.1, -0.05) is 18.2 Å². The zero-order valence-corrected chi connectivity index (χ0v) is 8.55. The first-order valence-corrected chi connectivity index (χ1v) is 4.82. The normalized spacial score (nSPS) is 13.9. The number of nitrogens with one attached hydrogen (secondary N) is 1. The summed E-state index contributed by atoms with van der Waals surface area (Å²) in [6.07, 6.45) is 6.29. The third-order valence-corrected chi connectivity index (χ3v) is 2.09. The van der Waals surface area contributed by atoms with Gasteiger partial charge in [0.15, 0.2) is 0 Å². The van der Waals surface area contributed by atoms with Crippen LogP contribution in [0.2, 0.25) is 0 Å². The van der Waals surface area contributed by atoms with E-state index in [0.717, 1.165) is 16.9 Å². The number of rotatable bonds is 2. The van der Waals surface area contributed by atoms with Crippen molar-refractivity contribution in [2.24, 2.45) is 10.7 Å². The van der Waals surface area contributed by atoms with Crippen molar-refractivity contribution in [2.75, 3.05) is 5.32 Å². The second-order valence-corrected chi connectivity index (χ2v) is 3.31. The Morgan fingerprint density at radius 3 is 3.00 bits per heavy atom. The Morgan fingerprint density at radius 2 is 2.19 bits per heavy atom. The van der Waals surface area contributed by atoms with Crippen LogP contribution in [0, 0.1) is 0 Å². The highest BCUT2D eigenvalue weighted by molar-refractivity contribution is 5.90. The number of carbonyl (C=O) groups excluding carboxylic acids is 1. The Balaban J connectivity index is 2.26. The number of benzene rings is 1. The number of anilines is 1. The summed E-state index contributed by atoms with van der Waals surface area (Å²) in [7, 11) is 0. The van der Waals surface area contributed by atoms with E-state index < -0.39 is 5.91 Å². The number of nitrogens with zero attached hydrogens (tertiary/aromatic N) is 1. The Bertz CT molecular complexity index is 501. The number of fused-ring (bicyclic) bond motifs is 1. The molecular weight excluding hydrogens is 202 g/mol. The van der Waals surface area contributed by atoms with Crippen LogP contribution in [0.5, 0.6) is 0 Å². The van der Waals surface area contributed by atoms with E-state index in [2.05, 4.69) is 10.3 Å². The highest BCUT2D eigenvalue weighted by Gasteiger charge is 2.03.